The third kappa shape index (κ3) is 2.38. The van der Waals surface area contributed by atoms with E-state index in [-0.39, 0.29) is 0 Å². The molecular formula is C13H10Cl2N-. The number of halogens is 2. The highest BCUT2D eigenvalue weighted by Gasteiger charge is 2.04. The highest BCUT2D eigenvalue weighted by atomic mass is 35.5. The minimum Gasteiger partial charge on any atom is -0.667 e. The fourth-order valence-electron chi connectivity index (χ4n) is 1.53. The molecule has 0 spiro atoms. The molecule has 0 heterocycles. The molecule has 2 rings (SSSR count). The Labute approximate surface area is 105 Å². The molecule has 1 atom stereocenters. The van der Waals surface area contributed by atoms with Crippen molar-refractivity contribution in [3.8, 4) is 0 Å². The van der Waals surface area contributed by atoms with Gasteiger partial charge in [-0.15, -0.1) is 0 Å². The second-order valence-electron chi connectivity index (χ2n) is 3.52. The maximum absolute atomic E-state index is 8.12. The van der Waals surface area contributed by atoms with E-state index in [0.29, 0.717) is 10.0 Å². The zero-order valence-corrected chi connectivity index (χ0v) is 9.96. The Morgan fingerprint density at radius 3 is 2.12 bits per heavy atom. The number of benzene rings is 2. The van der Waals surface area contributed by atoms with E-state index >= 15 is 0 Å². The SMILES string of the molecule is [NH-]C(c1ccccc1)c1ccc(Cl)c(Cl)c1. The van der Waals surface area contributed by atoms with Crippen LogP contribution >= 0.6 is 23.2 Å². The van der Waals surface area contributed by atoms with Gasteiger partial charge in [-0.05, 0) is 12.1 Å². The lowest BCUT2D eigenvalue weighted by Gasteiger charge is -2.21. The molecular weight excluding hydrogens is 241 g/mol. The Balaban J connectivity index is 2.34. The first kappa shape index (κ1) is 11.5. The van der Waals surface area contributed by atoms with Gasteiger partial charge in [0.15, 0.2) is 0 Å². The topological polar surface area (TPSA) is 23.8 Å². The lowest BCUT2D eigenvalue weighted by Crippen LogP contribution is -1.94. The number of nitrogens with one attached hydrogen (secondary N) is 1. The molecule has 0 saturated heterocycles. The molecule has 0 amide bonds. The molecule has 82 valence electrons. The average Bonchev–Trinajstić information content (AvgIpc) is 2.33. The van der Waals surface area contributed by atoms with E-state index in [0.717, 1.165) is 11.1 Å². The largest absolute Gasteiger partial charge is 0.667 e. The molecule has 0 radical (unpaired) electrons. The van der Waals surface area contributed by atoms with Gasteiger partial charge in [0, 0.05) is 0 Å². The van der Waals surface area contributed by atoms with Gasteiger partial charge < -0.3 is 5.73 Å². The van der Waals surface area contributed by atoms with Gasteiger partial charge in [0.1, 0.15) is 0 Å². The number of rotatable bonds is 2. The van der Waals surface area contributed by atoms with E-state index in [1.165, 1.54) is 0 Å². The maximum atomic E-state index is 8.12. The predicted octanol–water partition coefficient (Wildman–Crippen LogP) is 5.14. The standard InChI is InChI=1S/C13H10Cl2N/c14-11-7-6-10(8-12(11)15)13(16)9-4-2-1-3-5-9/h1-8,13,16H/q-1. The summed E-state index contributed by atoms with van der Waals surface area (Å²) in [5.74, 6) is 0. The highest BCUT2D eigenvalue weighted by molar-refractivity contribution is 6.42. The summed E-state index contributed by atoms with van der Waals surface area (Å²) in [5, 5.41) is 1.01. The monoisotopic (exact) mass is 250 g/mol. The van der Waals surface area contributed by atoms with Crippen LogP contribution < -0.4 is 0 Å². The maximum Gasteiger partial charge on any atom is 0.0594 e. The first-order valence-corrected chi connectivity index (χ1v) is 5.65. The summed E-state index contributed by atoms with van der Waals surface area (Å²) < 4.78 is 0. The van der Waals surface area contributed by atoms with Crippen molar-refractivity contribution in [3.05, 3.63) is 75.4 Å². The first-order valence-electron chi connectivity index (χ1n) is 4.89. The molecule has 0 saturated carbocycles. The van der Waals surface area contributed by atoms with Crippen LogP contribution in [0.15, 0.2) is 48.5 Å². The van der Waals surface area contributed by atoms with Gasteiger partial charge in [0.25, 0.3) is 0 Å². The summed E-state index contributed by atoms with van der Waals surface area (Å²) >= 11 is 11.8. The van der Waals surface area contributed by atoms with Gasteiger partial charge in [-0.2, -0.15) is 0 Å². The Morgan fingerprint density at radius 2 is 1.50 bits per heavy atom. The molecule has 0 aliphatic heterocycles. The number of hydrogen-bond acceptors (Lipinski definition) is 0. The Bertz CT molecular complexity index is 483. The van der Waals surface area contributed by atoms with Crippen LogP contribution in [0.3, 0.4) is 0 Å². The fourth-order valence-corrected chi connectivity index (χ4v) is 1.84. The molecule has 0 aliphatic carbocycles. The van der Waals surface area contributed by atoms with Crippen LogP contribution in [0.5, 0.6) is 0 Å². The molecule has 1 nitrogen and oxygen atoms in total. The zero-order chi connectivity index (χ0) is 11.5. The summed E-state index contributed by atoms with van der Waals surface area (Å²) in [6, 6.07) is 14.5. The third-order valence-electron chi connectivity index (χ3n) is 2.41. The van der Waals surface area contributed by atoms with Crippen molar-refractivity contribution in [1.82, 2.24) is 0 Å². The van der Waals surface area contributed by atoms with E-state index in [1.807, 2.05) is 36.4 Å². The predicted molar refractivity (Wildman–Crippen MR) is 69.1 cm³/mol. The normalized spacial score (nSPS) is 12.4. The van der Waals surface area contributed by atoms with Crippen LogP contribution in [0.4, 0.5) is 0 Å². The molecule has 1 unspecified atom stereocenters. The van der Waals surface area contributed by atoms with E-state index < -0.39 is 6.04 Å². The Morgan fingerprint density at radius 1 is 0.812 bits per heavy atom. The zero-order valence-electron chi connectivity index (χ0n) is 8.45. The first-order chi connectivity index (χ1) is 7.68. The van der Waals surface area contributed by atoms with Gasteiger partial charge in [0.05, 0.1) is 10.0 Å². The van der Waals surface area contributed by atoms with E-state index in [4.69, 9.17) is 28.9 Å². The van der Waals surface area contributed by atoms with E-state index in [2.05, 4.69) is 0 Å². The van der Waals surface area contributed by atoms with Crippen molar-refractivity contribution in [1.29, 1.82) is 0 Å². The molecule has 0 aliphatic rings. The summed E-state index contributed by atoms with van der Waals surface area (Å²) in [4.78, 5) is 0. The molecule has 2 aromatic carbocycles. The number of hydrogen-bond donors (Lipinski definition) is 0. The van der Waals surface area contributed by atoms with Gasteiger partial charge in [0.2, 0.25) is 0 Å². The quantitative estimate of drug-likeness (QED) is 0.706. The van der Waals surface area contributed by atoms with Crippen molar-refractivity contribution in [2.75, 3.05) is 0 Å². The van der Waals surface area contributed by atoms with Crippen molar-refractivity contribution in [2.24, 2.45) is 0 Å². The lowest BCUT2D eigenvalue weighted by molar-refractivity contribution is 1.03. The van der Waals surface area contributed by atoms with Crippen molar-refractivity contribution in [3.63, 3.8) is 0 Å². The minimum absolute atomic E-state index is 0.420. The molecule has 3 heteroatoms. The fraction of sp³-hybridized carbons (Fsp3) is 0.0769. The van der Waals surface area contributed by atoms with Crippen LogP contribution in [0.1, 0.15) is 17.2 Å². The minimum atomic E-state index is -0.420. The third-order valence-corrected chi connectivity index (χ3v) is 3.15. The van der Waals surface area contributed by atoms with Crippen LogP contribution in [0, 0.1) is 0 Å². The second kappa shape index (κ2) is 4.88. The van der Waals surface area contributed by atoms with Gasteiger partial charge >= 0.3 is 0 Å². The summed E-state index contributed by atoms with van der Waals surface area (Å²) in [7, 11) is 0. The Hall–Kier alpha value is -1.02. The summed E-state index contributed by atoms with van der Waals surface area (Å²) in [6.45, 7) is 0. The molecule has 0 fully saturated rings. The van der Waals surface area contributed by atoms with Crippen molar-refractivity contribution in [2.45, 2.75) is 6.04 Å². The van der Waals surface area contributed by atoms with E-state index in [9.17, 15) is 0 Å². The lowest BCUT2D eigenvalue weighted by atomic mass is 10.00. The van der Waals surface area contributed by atoms with E-state index in [1.54, 1.807) is 12.1 Å². The molecule has 2 aromatic rings. The van der Waals surface area contributed by atoms with Gasteiger partial charge in [-0.25, -0.2) is 0 Å². The summed E-state index contributed by atoms with van der Waals surface area (Å²) in [6.07, 6.45) is 0. The smallest absolute Gasteiger partial charge is 0.0594 e. The van der Waals surface area contributed by atoms with Gasteiger partial charge in [-0.3, -0.25) is 0 Å². The van der Waals surface area contributed by atoms with Crippen LogP contribution in [-0.2, 0) is 0 Å². The van der Waals surface area contributed by atoms with Crippen LogP contribution in [0.25, 0.3) is 5.73 Å². The summed E-state index contributed by atoms with van der Waals surface area (Å²) in [5.41, 5.74) is 9.91. The van der Waals surface area contributed by atoms with Crippen LogP contribution in [0.2, 0.25) is 10.0 Å². The highest BCUT2D eigenvalue weighted by Crippen LogP contribution is 2.30. The van der Waals surface area contributed by atoms with Gasteiger partial charge in [-0.1, -0.05) is 76.8 Å². The van der Waals surface area contributed by atoms with Crippen LogP contribution in [-0.4, -0.2) is 0 Å². The molecule has 0 bridgehead atoms. The second-order valence-corrected chi connectivity index (χ2v) is 4.33. The molecule has 0 aromatic heterocycles. The van der Waals surface area contributed by atoms with Crippen molar-refractivity contribution >= 4 is 23.2 Å². The molecule has 1 N–H and O–H groups in total. The average molecular weight is 251 g/mol. The Kier molecular flexibility index (Phi) is 3.49. The molecule has 16 heavy (non-hydrogen) atoms. The van der Waals surface area contributed by atoms with Crippen molar-refractivity contribution < 1.29 is 0 Å².